The first-order chi connectivity index (χ1) is 10.6. The fourth-order valence-corrected chi connectivity index (χ4v) is 3.74. The van der Waals surface area contributed by atoms with Crippen molar-refractivity contribution in [1.29, 1.82) is 0 Å². The van der Waals surface area contributed by atoms with Gasteiger partial charge in [-0.1, -0.05) is 12.1 Å². The Morgan fingerprint density at radius 3 is 2.26 bits per heavy atom. The first kappa shape index (κ1) is 17.0. The molecule has 6 heteroatoms. The first-order valence-electron chi connectivity index (χ1n) is 7.04. The predicted molar refractivity (Wildman–Crippen MR) is 87.0 cm³/mol. The molecular formula is C17H18NO4S-. The van der Waals surface area contributed by atoms with Crippen LogP contribution < -0.4 is 9.83 Å². The van der Waals surface area contributed by atoms with E-state index in [4.69, 9.17) is 0 Å². The van der Waals surface area contributed by atoms with E-state index >= 15 is 0 Å². The van der Waals surface area contributed by atoms with E-state index in [2.05, 4.69) is 4.72 Å². The van der Waals surface area contributed by atoms with Crippen molar-refractivity contribution in [2.45, 2.75) is 32.6 Å². The minimum Gasteiger partial charge on any atom is -0.545 e. The summed E-state index contributed by atoms with van der Waals surface area (Å²) in [6.45, 7) is 6.97. The summed E-state index contributed by atoms with van der Waals surface area (Å²) in [4.78, 5) is 11.0. The molecule has 122 valence electrons. The van der Waals surface area contributed by atoms with Crippen molar-refractivity contribution < 1.29 is 18.3 Å². The molecule has 0 unspecified atom stereocenters. The van der Waals surface area contributed by atoms with E-state index in [0.29, 0.717) is 16.8 Å². The van der Waals surface area contributed by atoms with E-state index in [-0.39, 0.29) is 10.5 Å². The van der Waals surface area contributed by atoms with E-state index < -0.39 is 16.0 Å². The van der Waals surface area contributed by atoms with Crippen LogP contribution in [0.5, 0.6) is 0 Å². The normalized spacial score (nSPS) is 11.3. The molecule has 0 aliphatic carbocycles. The highest BCUT2D eigenvalue weighted by Gasteiger charge is 2.20. The molecule has 2 aromatic rings. The van der Waals surface area contributed by atoms with Gasteiger partial charge >= 0.3 is 0 Å². The van der Waals surface area contributed by atoms with Crippen molar-refractivity contribution in [3.8, 4) is 0 Å². The summed E-state index contributed by atoms with van der Waals surface area (Å²) in [5.41, 5.74) is 3.10. The van der Waals surface area contributed by atoms with Gasteiger partial charge in [-0.15, -0.1) is 0 Å². The zero-order valence-electron chi connectivity index (χ0n) is 13.4. The molecule has 0 saturated heterocycles. The molecule has 2 rings (SSSR count). The first-order valence-corrected chi connectivity index (χ1v) is 8.53. The molecule has 0 heterocycles. The lowest BCUT2D eigenvalue weighted by Crippen LogP contribution is -2.24. The number of nitrogens with one attached hydrogen (secondary N) is 1. The van der Waals surface area contributed by atoms with E-state index in [1.807, 2.05) is 19.1 Å². The fourth-order valence-electron chi connectivity index (χ4n) is 2.27. The Hall–Kier alpha value is -2.34. The Kier molecular flexibility index (Phi) is 4.47. The smallest absolute Gasteiger partial charge is 0.262 e. The van der Waals surface area contributed by atoms with Crippen molar-refractivity contribution in [3.05, 3.63) is 58.1 Å². The average molecular weight is 332 g/mol. The van der Waals surface area contributed by atoms with Crippen LogP contribution in [0.1, 0.15) is 32.6 Å². The molecule has 2 aromatic carbocycles. The van der Waals surface area contributed by atoms with Gasteiger partial charge in [-0.25, -0.2) is 8.42 Å². The topological polar surface area (TPSA) is 86.3 Å². The number of aromatic carboxylic acids is 1. The Labute approximate surface area is 136 Å². The van der Waals surface area contributed by atoms with E-state index in [1.165, 1.54) is 6.07 Å². The van der Waals surface area contributed by atoms with Crippen LogP contribution in [0.2, 0.25) is 0 Å². The molecule has 0 atom stereocenters. The Balaban J connectivity index is 2.56. The summed E-state index contributed by atoms with van der Waals surface area (Å²) in [6.07, 6.45) is 0. The summed E-state index contributed by atoms with van der Waals surface area (Å²) in [6, 6.07) is 7.98. The van der Waals surface area contributed by atoms with Gasteiger partial charge in [0.05, 0.1) is 16.6 Å². The van der Waals surface area contributed by atoms with Gasteiger partial charge in [0.25, 0.3) is 10.0 Å². The van der Waals surface area contributed by atoms with Gasteiger partial charge in [-0.05, 0) is 73.7 Å². The van der Waals surface area contributed by atoms with Crippen LogP contribution in [0, 0.1) is 27.7 Å². The number of rotatable bonds is 4. The lowest BCUT2D eigenvalue weighted by atomic mass is 10.1. The van der Waals surface area contributed by atoms with Gasteiger partial charge in [-0.3, -0.25) is 4.72 Å². The minimum atomic E-state index is -3.90. The lowest BCUT2D eigenvalue weighted by Gasteiger charge is -2.16. The maximum atomic E-state index is 12.7. The van der Waals surface area contributed by atoms with Crippen LogP contribution in [0.15, 0.2) is 35.2 Å². The Morgan fingerprint density at radius 2 is 1.65 bits per heavy atom. The molecule has 23 heavy (non-hydrogen) atoms. The number of carbonyl (C=O) groups is 1. The summed E-state index contributed by atoms with van der Waals surface area (Å²) < 4.78 is 27.9. The zero-order chi connectivity index (χ0) is 17.4. The third-order valence-corrected chi connectivity index (χ3v) is 5.27. The highest BCUT2D eigenvalue weighted by Crippen LogP contribution is 2.25. The quantitative estimate of drug-likeness (QED) is 0.929. The van der Waals surface area contributed by atoms with Crippen molar-refractivity contribution in [3.63, 3.8) is 0 Å². The fraction of sp³-hybridized carbons (Fsp3) is 0.235. The SMILES string of the molecule is Cc1ccc(C)c(NS(=O)(=O)c2cc(C(=O)[O-])cc(C)c2C)c1. The number of carboxylic acid groups (broad SMARTS) is 1. The van der Waals surface area contributed by atoms with Crippen molar-refractivity contribution in [1.82, 2.24) is 0 Å². The lowest BCUT2D eigenvalue weighted by molar-refractivity contribution is -0.255. The average Bonchev–Trinajstić information content (AvgIpc) is 2.44. The van der Waals surface area contributed by atoms with Crippen molar-refractivity contribution in [2.75, 3.05) is 4.72 Å². The van der Waals surface area contributed by atoms with Gasteiger partial charge < -0.3 is 9.90 Å². The van der Waals surface area contributed by atoms with Crippen LogP contribution >= 0.6 is 0 Å². The molecule has 1 N–H and O–H groups in total. The molecule has 0 saturated carbocycles. The van der Waals surface area contributed by atoms with Crippen molar-refractivity contribution in [2.24, 2.45) is 0 Å². The van der Waals surface area contributed by atoms with Crippen LogP contribution in [0.25, 0.3) is 0 Å². The second-order valence-electron chi connectivity index (χ2n) is 5.63. The van der Waals surface area contributed by atoms with Crippen LogP contribution in [-0.2, 0) is 10.0 Å². The van der Waals surface area contributed by atoms with Crippen LogP contribution in [0.4, 0.5) is 5.69 Å². The Bertz CT molecular complexity index is 886. The number of benzene rings is 2. The maximum absolute atomic E-state index is 12.7. The number of aryl methyl sites for hydroxylation is 3. The number of anilines is 1. The van der Waals surface area contributed by atoms with Crippen LogP contribution in [-0.4, -0.2) is 14.4 Å². The number of sulfonamides is 1. The van der Waals surface area contributed by atoms with Gasteiger partial charge in [-0.2, -0.15) is 0 Å². The maximum Gasteiger partial charge on any atom is 0.262 e. The van der Waals surface area contributed by atoms with Crippen molar-refractivity contribution >= 4 is 21.7 Å². The molecule has 0 fully saturated rings. The highest BCUT2D eigenvalue weighted by molar-refractivity contribution is 7.92. The number of carbonyl (C=O) groups excluding carboxylic acids is 1. The number of hydrogen-bond acceptors (Lipinski definition) is 4. The molecule has 0 spiro atoms. The molecule has 0 aliphatic rings. The van der Waals surface area contributed by atoms with Gasteiger partial charge in [0, 0.05) is 0 Å². The second-order valence-corrected chi connectivity index (χ2v) is 7.28. The molecular weight excluding hydrogens is 314 g/mol. The van der Waals surface area contributed by atoms with Gasteiger partial charge in [0.15, 0.2) is 0 Å². The van der Waals surface area contributed by atoms with E-state index in [9.17, 15) is 18.3 Å². The molecule has 0 radical (unpaired) electrons. The Morgan fingerprint density at radius 1 is 1.00 bits per heavy atom. The molecule has 5 nitrogen and oxygen atoms in total. The summed E-state index contributed by atoms with van der Waals surface area (Å²) in [5.74, 6) is -1.41. The molecule has 0 bridgehead atoms. The predicted octanol–water partition coefficient (Wildman–Crippen LogP) is 2.08. The summed E-state index contributed by atoms with van der Waals surface area (Å²) >= 11 is 0. The largest absolute Gasteiger partial charge is 0.545 e. The van der Waals surface area contributed by atoms with Crippen LogP contribution in [0.3, 0.4) is 0 Å². The highest BCUT2D eigenvalue weighted by atomic mass is 32.2. The monoisotopic (exact) mass is 332 g/mol. The third-order valence-electron chi connectivity index (χ3n) is 3.78. The van der Waals surface area contributed by atoms with E-state index in [1.54, 1.807) is 26.8 Å². The third kappa shape index (κ3) is 3.53. The molecule has 0 aliphatic heterocycles. The number of carboxylic acids is 1. The second kappa shape index (κ2) is 6.04. The number of hydrogen-bond donors (Lipinski definition) is 1. The minimum absolute atomic E-state index is 0.0578. The van der Waals surface area contributed by atoms with Gasteiger partial charge in [0.1, 0.15) is 0 Å². The van der Waals surface area contributed by atoms with E-state index in [0.717, 1.165) is 17.2 Å². The van der Waals surface area contributed by atoms with Gasteiger partial charge in [0.2, 0.25) is 0 Å². The summed E-state index contributed by atoms with van der Waals surface area (Å²) in [5, 5.41) is 11.1. The molecule has 0 amide bonds. The molecule has 0 aromatic heterocycles. The standard InChI is InChI=1S/C17H19NO4S/c1-10-5-6-11(2)15(7-10)18-23(21,22)16-9-14(17(19)20)8-12(3)13(16)4/h5-9,18H,1-4H3,(H,19,20)/p-1. The summed E-state index contributed by atoms with van der Waals surface area (Å²) in [7, 11) is -3.90. The zero-order valence-corrected chi connectivity index (χ0v) is 14.2.